The molecule has 0 aliphatic heterocycles. The molecule has 0 spiro atoms. The van der Waals surface area contributed by atoms with Gasteiger partial charge in [-0.1, -0.05) is 37.6 Å². The minimum atomic E-state index is 0.169. The molecule has 4 N–H and O–H groups in total. The third-order valence-electron chi connectivity index (χ3n) is 2.79. The Morgan fingerprint density at radius 2 is 1.80 bits per heavy atom. The summed E-state index contributed by atoms with van der Waals surface area (Å²) < 4.78 is 0. The van der Waals surface area contributed by atoms with Crippen LogP contribution in [0.5, 0.6) is 0 Å². The summed E-state index contributed by atoms with van der Waals surface area (Å²) in [4.78, 5) is 0. The molecule has 0 unspecified atom stereocenters. The van der Waals surface area contributed by atoms with Crippen molar-refractivity contribution < 1.29 is 0 Å². The molecule has 2 nitrogen and oxygen atoms in total. The first-order valence-electron chi connectivity index (χ1n) is 5.82. The van der Waals surface area contributed by atoms with Gasteiger partial charge in [0, 0.05) is 6.04 Å². The second-order valence-electron chi connectivity index (χ2n) is 3.99. The number of nitrogens with two attached hydrogens (primary N) is 2. The summed E-state index contributed by atoms with van der Waals surface area (Å²) in [5.41, 5.74) is 14.1. The van der Waals surface area contributed by atoms with Crippen LogP contribution in [0.25, 0.3) is 0 Å². The van der Waals surface area contributed by atoms with Gasteiger partial charge in [-0.15, -0.1) is 0 Å². The Kier molecular flexibility index (Phi) is 5.37. The third kappa shape index (κ3) is 4.02. The van der Waals surface area contributed by atoms with Crippen molar-refractivity contribution >= 4 is 0 Å². The van der Waals surface area contributed by atoms with Gasteiger partial charge in [0.2, 0.25) is 0 Å². The van der Waals surface area contributed by atoms with Crippen LogP contribution in [0.15, 0.2) is 24.3 Å². The predicted octanol–water partition coefficient (Wildman–Crippen LogP) is 2.38. The lowest BCUT2D eigenvalue weighted by molar-refractivity contribution is 0.591. The zero-order valence-electron chi connectivity index (χ0n) is 9.58. The molecule has 0 saturated heterocycles. The fourth-order valence-electron chi connectivity index (χ4n) is 1.68. The van der Waals surface area contributed by atoms with Crippen molar-refractivity contribution in [1.82, 2.24) is 0 Å². The van der Waals surface area contributed by atoms with E-state index in [0.717, 1.165) is 32.2 Å². The molecule has 0 saturated carbocycles. The van der Waals surface area contributed by atoms with E-state index < -0.39 is 0 Å². The van der Waals surface area contributed by atoms with Gasteiger partial charge in [-0.3, -0.25) is 0 Å². The zero-order valence-corrected chi connectivity index (χ0v) is 9.58. The molecular weight excluding hydrogens is 184 g/mol. The van der Waals surface area contributed by atoms with Gasteiger partial charge < -0.3 is 11.5 Å². The highest BCUT2D eigenvalue weighted by molar-refractivity contribution is 5.24. The molecule has 0 aliphatic carbocycles. The van der Waals surface area contributed by atoms with Gasteiger partial charge in [-0.25, -0.2) is 0 Å². The zero-order chi connectivity index (χ0) is 11.1. The van der Waals surface area contributed by atoms with Crippen molar-refractivity contribution in [3.05, 3.63) is 35.4 Å². The van der Waals surface area contributed by atoms with Crippen LogP contribution in [0.4, 0.5) is 0 Å². The van der Waals surface area contributed by atoms with Crippen LogP contribution in [0.1, 0.15) is 43.4 Å². The average molecular weight is 206 g/mol. The van der Waals surface area contributed by atoms with E-state index in [-0.39, 0.29) is 6.04 Å². The quantitative estimate of drug-likeness (QED) is 0.702. The Morgan fingerprint density at radius 1 is 1.13 bits per heavy atom. The Labute approximate surface area is 92.7 Å². The van der Waals surface area contributed by atoms with Gasteiger partial charge in [-0.05, 0) is 36.9 Å². The molecule has 1 rings (SSSR count). The summed E-state index contributed by atoms with van der Waals surface area (Å²) in [6.07, 6.45) is 4.30. The maximum absolute atomic E-state index is 6.09. The van der Waals surface area contributed by atoms with Gasteiger partial charge in [0.15, 0.2) is 0 Å². The predicted molar refractivity (Wildman–Crippen MR) is 65.7 cm³/mol. The maximum Gasteiger partial charge on any atom is 0.0294 e. The van der Waals surface area contributed by atoms with Crippen LogP contribution in [-0.2, 0) is 6.42 Å². The van der Waals surface area contributed by atoms with Crippen molar-refractivity contribution in [2.75, 3.05) is 6.54 Å². The van der Waals surface area contributed by atoms with Gasteiger partial charge in [0.1, 0.15) is 0 Å². The molecule has 0 heterocycles. The molecule has 0 aliphatic rings. The smallest absolute Gasteiger partial charge is 0.0294 e. The van der Waals surface area contributed by atoms with Crippen LogP contribution < -0.4 is 11.5 Å². The molecule has 1 aromatic rings. The van der Waals surface area contributed by atoms with Crippen LogP contribution in [-0.4, -0.2) is 6.54 Å². The minimum absolute atomic E-state index is 0.169. The first kappa shape index (κ1) is 12.2. The monoisotopic (exact) mass is 206 g/mol. The lowest BCUT2D eigenvalue weighted by Gasteiger charge is -2.12. The van der Waals surface area contributed by atoms with Crippen LogP contribution in [0.2, 0.25) is 0 Å². The van der Waals surface area contributed by atoms with Crippen molar-refractivity contribution in [2.24, 2.45) is 11.5 Å². The molecule has 0 bridgehead atoms. The van der Waals surface area contributed by atoms with Crippen molar-refractivity contribution in [3.63, 3.8) is 0 Å². The highest BCUT2D eigenvalue weighted by Crippen LogP contribution is 2.17. The number of hydrogen-bond acceptors (Lipinski definition) is 2. The lowest BCUT2D eigenvalue weighted by Crippen LogP contribution is -2.11. The Balaban J connectivity index is 2.46. The van der Waals surface area contributed by atoms with Crippen molar-refractivity contribution in [3.8, 4) is 0 Å². The normalized spacial score (nSPS) is 12.7. The fourth-order valence-corrected chi connectivity index (χ4v) is 1.68. The van der Waals surface area contributed by atoms with E-state index in [2.05, 4.69) is 31.2 Å². The van der Waals surface area contributed by atoms with Crippen LogP contribution in [0, 0.1) is 0 Å². The molecule has 1 atom stereocenters. The Hall–Kier alpha value is -0.860. The molecule has 15 heavy (non-hydrogen) atoms. The number of rotatable bonds is 6. The van der Waals surface area contributed by atoms with Crippen molar-refractivity contribution in [1.29, 1.82) is 0 Å². The molecule has 2 heteroatoms. The van der Waals surface area contributed by atoms with Gasteiger partial charge in [0.25, 0.3) is 0 Å². The Bertz CT molecular complexity index is 266. The number of aryl methyl sites for hydroxylation is 1. The number of unbranched alkanes of at least 4 members (excludes halogenated alkanes) is 1. The van der Waals surface area contributed by atoms with Crippen LogP contribution in [0.3, 0.4) is 0 Å². The molecule has 0 amide bonds. The summed E-state index contributed by atoms with van der Waals surface area (Å²) in [5, 5.41) is 0. The van der Waals surface area contributed by atoms with E-state index in [1.807, 2.05) is 0 Å². The first-order chi connectivity index (χ1) is 7.27. The van der Waals surface area contributed by atoms with E-state index in [0.29, 0.717) is 0 Å². The van der Waals surface area contributed by atoms with E-state index >= 15 is 0 Å². The molecule has 0 radical (unpaired) electrons. The van der Waals surface area contributed by atoms with Crippen LogP contribution >= 0.6 is 0 Å². The lowest BCUT2D eigenvalue weighted by atomic mass is 10.00. The molecule has 84 valence electrons. The van der Waals surface area contributed by atoms with E-state index in [1.54, 1.807) is 0 Å². The van der Waals surface area contributed by atoms with E-state index in [4.69, 9.17) is 11.5 Å². The molecule has 0 aromatic heterocycles. The average Bonchev–Trinajstić information content (AvgIpc) is 2.29. The molecular formula is C13H22N2. The van der Waals surface area contributed by atoms with Gasteiger partial charge in [-0.2, -0.15) is 0 Å². The fraction of sp³-hybridized carbons (Fsp3) is 0.538. The van der Waals surface area contributed by atoms with Gasteiger partial charge in [0.05, 0.1) is 0 Å². The summed E-state index contributed by atoms with van der Waals surface area (Å²) >= 11 is 0. The largest absolute Gasteiger partial charge is 0.330 e. The second kappa shape index (κ2) is 6.59. The SMILES string of the molecule is CCc1ccc([C@H](N)CCCCN)cc1. The highest BCUT2D eigenvalue weighted by atomic mass is 14.6. The minimum Gasteiger partial charge on any atom is -0.330 e. The third-order valence-corrected chi connectivity index (χ3v) is 2.79. The summed E-state index contributed by atoms with van der Waals surface area (Å²) in [6.45, 7) is 2.93. The summed E-state index contributed by atoms with van der Waals surface area (Å²) in [5.74, 6) is 0. The maximum atomic E-state index is 6.09. The number of hydrogen-bond donors (Lipinski definition) is 2. The van der Waals surface area contributed by atoms with Gasteiger partial charge >= 0.3 is 0 Å². The molecule has 0 fully saturated rings. The second-order valence-corrected chi connectivity index (χ2v) is 3.99. The van der Waals surface area contributed by atoms with Crippen molar-refractivity contribution in [2.45, 2.75) is 38.6 Å². The standard InChI is InChI=1S/C13H22N2/c1-2-11-6-8-12(9-7-11)13(15)5-3-4-10-14/h6-9,13H,2-5,10,14-15H2,1H3/t13-/m1/s1. The highest BCUT2D eigenvalue weighted by Gasteiger charge is 2.04. The summed E-state index contributed by atoms with van der Waals surface area (Å²) in [6, 6.07) is 8.79. The topological polar surface area (TPSA) is 52.0 Å². The Morgan fingerprint density at radius 3 is 2.33 bits per heavy atom. The van der Waals surface area contributed by atoms with E-state index in [9.17, 15) is 0 Å². The number of benzene rings is 1. The molecule has 1 aromatic carbocycles. The van der Waals surface area contributed by atoms with E-state index in [1.165, 1.54) is 11.1 Å². The summed E-state index contributed by atoms with van der Waals surface area (Å²) in [7, 11) is 0. The first-order valence-corrected chi connectivity index (χ1v) is 5.82.